The summed E-state index contributed by atoms with van der Waals surface area (Å²) in [7, 11) is 0. The third kappa shape index (κ3) is 3.85. The van der Waals surface area contributed by atoms with Gasteiger partial charge in [0, 0.05) is 12.1 Å². The highest BCUT2D eigenvalue weighted by atomic mass is 16.6. The van der Waals surface area contributed by atoms with E-state index in [-0.39, 0.29) is 23.9 Å². The van der Waals surface area contributed by atoms with Crippen LogP contribution in [0.3, 0.4) is 0 Å². The molecule has 0 amide bonds. The van der Waals surface area contributed by atoms with Crippen LogP contribution >= 0.6 is 0 Å². The number of nitro groups is 1. The van der Waals surface area contributed by atoms with Crippen LogP contribution < -0.4 is 15.8 Å². The molecule has 0 saturated heterocycles. The van der Waals surface area contributed by atoms with Crippen LogP contribution in [0, 0.1) is 10.1 Å². The van der Waals surface area contributed by atoms with Gasteiger partial charge in [0.2, 0.25) is 0 Å². The van der Waals surface area contributed by atoms with Gasteiger partial charge in [0.05, 0.1) is 11.0 Å². The normalized spacial score (nSPS) is 22.1. The fourth-order valence-corrected chi connectivity index (χ4v) is 2.71. The van der Waals surface area contributed by atoms with Gasteiger partial charge in [0.15, 0.2) is 5.75 Å². The maximum absolute atomic E-state index is 11.4. The number of nitrogens with one attached hydrogen (secondary N) is 1. The van der Waals surface area contributed by atoms with Crippen LogP contribution in [0.15, 0.2) is 18.2 Å². The Morgan fingerprint density at radius 1 is 1.38 bits per heavy atom. The number of anilines is 1. The van der Waals surface area contributed by atoms with E-state index in [4.69, 9.17) is 10.5 Å². The lowest BCUT2D eigenvalue weighted by Crippen LogP contribution is -2.42. The predicted octanol–water partition coefficient (Wildman–Crippen LogP) is 3.06. The first kappa shape index (κ1) is 15.6. The Morgan fingerprint density at radius 3 is 2.71 bits per heavy atom. The first-order chi connectivity index (χ1) is 9.99. The van der Waals surface area contributed by atoms with Gasteiger partial charge in [0.1, 0.15) is 5.69 Å². The van der Waals surface area contributed by atoms with Crippen molar-refractivity contribution in [2.75, 3.05) is 5.32 Å². The van der Waals surface area contributed by atoms with Gasteiger partial charge in [-0.3, -0.25) is 10.1 Å². The zero-order valence-electron chi connectivity index (χ0n) is 12.5. The third-order valence-electron chi connectivity index (χ3n) is 3.70. The van der Waals surface area contributed by atoms with E-state index in [0.29, 0.717) is 11.4 Å². The Balaban J connectivity index is 2.27. The van der Waals surface area contributed by atoms with Gasteiger partial charge in [-0.05, 0) is 38.8 Å². The molecule has 1 fully saturated rings. The topological polar surface area (TPSA) is 90.4 Å². The lowest BCUT2D eigenvalue weighted by molar-refractivity contribution is -0.385. The third-order valence-corrected chi connectivity index (χ3v) is 3.70. The lowest BCUT2D eigenvalue weighted by atomic mass is 9.91. The molecule has 0 spiro atoms. The molecule has 6 nitrogen and oxygen atoms in total. The number of benzene rings is 1. The molecule has 6 heteroatoms. The molecule has 2 unspecified atom stereocenters. The first-order valence-corrected chi connectivity index (χ1v) is 7.45. The summed E-state index contributed by atoms with van der Waals surface area (Å²) in [6.07, 6.45) is 4.00. The second-order valence-electron chi connectivity index (χ2n) is 5.78. The fraction of sp³-hybridized carbons (Fsp3) is 0.600. The molecule has 1 aromatic carbocycles. The Morgan fingerprint density at radius 2 is 2.10 bits per heavy atom. The highest BCUT2D eigenvalue weighted by Crippen LogP contribution is 2.36. The summed E-state index contributed by atoms with van der Waals surface area (Å²) in [6, 6.07) is 5.22. The SMILES string of the molecule is CC(C)Oc1cccc(NC2CCCCC2N)c1[N+](=O)[O-]. The van der Waals surface area contributed by atoms with Crippen molar-refractivity contribution in [2.45, 2.75) is 57.7 Å². The summed E-state index contributed by atoms with van der Waals surface area (Å²) in [5.41, 5.74) is 6.58. The van der Waals surface area contributed by atoms with Crippen LogP contribution in [0.1, 0.15) is 39.5 Å². The molecule has 21 heavy (non-hydrogen) atoms. The number of rotatable bonds is 5. The summed E-state index contributed by atoms with van der Waals surface area (Å²) in [6.45, 7) is 3.70. The van der Waals surface area contributed by atoms with Gasteiger partial charge in [-0.15, -0.1) is 0 Å². The van der Waals surface area contributed by atoms with Gasteiger partial charge >= 0.3 is 5.69 Å². The number of nitro benzene ring substituents is 1. The number of hydrogen-bond acceptors (Lipinski definition) is 5. The van der Waals surface area contributed by atoms with Crippen LogP contribution in [-0.2, 0) is 0 Å². The Labute approximate surface area is 124 Å². The standard InChI is InChI=1S/C15H23N3O3/c1-10(2)21-14-9-5-8-13(15(14)18(19)20)17-12-7-4-3-6-11(12)16/h5,8-12,17H,3-4,6-7,16H2,1-2H3. The highest BCUT2D eigenvalue weighted by Gasteiger charge is 2.27. The molecule has 1 aromatic rings. The van der Waals surface area contributed by atoms with Crippen LogP contribution in [0.5, 0.6) is 5.75 Å². The summed E-state index contributed by atoms with van der Waals surface area (Å²) in [5.74, 6) is 0.296. The smallest absolute Gasteiger partial charge is 0.333 e. The van der Waals surface area contributed by atoms with Crippen molar-refractivity contribution >= 4 is 11.4 Å². The Hall–Kier alpha value is -1.82. The van der Waals surface area contributed by atoms with Gasteiger partial charge in [-0.2, -0.15) is 0 Å². The van der Waals surface area contributed by atoms with E-state index in [1.807, 2.05) is 13.8 Å². The van der Waals surface area contributed by atoms with Crippen LogP contribution in [0.2, 0.25) is 0 Å². The molecule has 0 heterocycles. The minimum Gasteiger partial charge on any atom is -0.484 e. The Kier molecular flexibility index (Phi) is 5.01. The van der Waals surface area contributed by atoms with Crippen LogP contribution in [0.4, 0.5) is 11.4 Å². The number of nitrogens with two attached hydrogens (primary N) is 1. The number of nitrogens with zero attached hydrogens (tertiary/aromatic N) is 1. The van der Waals surface area contributed by atoms with Gasteiger partial charge in [-0.25, -0.2) is 0 Å². The van der Waals surface area contributed by atoms with Crippen molar-refractivity contribution in [1.82, 2.24) is 0 Å². The fourth-order valence-electron chi connectivity index (χ4n) is 2.71. The minimum atomic E-state index is -0.394. The average molecular weight is 293 g/mol. The maximum atomic E-state index is 11.4. The molecule has 0 radical (unpaired) electrons. The minimum absolute atomic E-state index is 0.0102. The molecule has 1 saturated carbocycles. The van der Waals surface area contributed by atoms with Gasteiger partial charge in [-0.1, -0.05) is 18.9 Å². The van der Waals surface area contributed by atoms with E-state index in [0.717, 1.165) is 25.7 Å². The van der Waals surface area contributed by atoms with E-state index in [2.05, 4.69) is 5.32 Å². The van der Waals surface area contributed by atoms with E-state index >= 15 is 0 Å². The molecular weight excluding hydrogens is 270 g/mol. The summed E-state index contributed by atoms with van der Waals surface area (Å²) in [5, 5.41) is 14.6. The van der Waals surface area contributed by atoms with Crippen molar-refractivity contribution in [2.24, 2.45) is 5.73 Å². The monoisotopic (exact) mass is 293 g/mol. The molecule has 2 atom stereocenters. The van der Waals surface area contributed by atoms with E-state index in [1.165, 1.54) is 0 Å². The number of ether oxygens (including phenoxy) is 1. The molecule has 1 aliphatic rings. The molecule has 1 aliphatic carbocycles. The molecule has 116 valence electrons. The quantitative estimate of drug-likeness (QED) is 0.643. The largest absolute Gasteiger partial charge is 0.484 e. The van der Waals surface area contributed by atoms with E-state index in [1.54, 1.807) is 18.2 Å². The molecule has 0 aliphatic heterocycles. The second kappa shape index (κ2) is 6.76. The van der Waals surface area contributed by atoms with Crippen molar-refractivity contribution in [3.63, 3.8) is 0 Å². The maximum Gasteiger partial charge on any atom is 0.333 e. The molecular formula is C15H23N3O3. The molecule has 3 N–H and O–H groups in total. The number of para-hydroxylation sites is 1. The highest BCUT2D eigenvalue weighted by molar-refractivity contribution is 5.69. The van der Waals surface area contributed by atoms with Crippen molar-refractivity contribution in [3.05, 3.63) is 28.3 Å². The average Bonchev–Trinajstić information content (AvgIpc) is 2.40. The van der Waals surface area contributed by atoms with Crippen molar-refractivity contribution in [1.29, 1.82) is 0 Å². The van der Waals surface area contributed by atoms with Crippen LogP contribution in [-0.4, -0.2) is 23.1 Å². The molecule has 2 rings (SSSR count). The second-order valence-corrected chi connectivity index (χ2v) is 5.78. The Bertz CT molecular complexity index is 505. The summed E-state index contributed by atoms with van der Waals surface area (Å²) in [4.78, 5) is 11.0. The van der Waals surface area contributed by atoms with Gasteiger partial charge < -0.3 is 15.8 Å². The van der Waals surface area contributed by atoms with Crippen molar-refractivity contribution < 1.29 is 9.66 Å². The predicted molar refractivity (Wildman–Crippen MR) is 82.7 cm³/mol. The first-order valence-electron chi connectivity index (χ1n) is 7.45. The van der Waals surface area contributed by atoms with Crippen LogP contribution in [0.25, 0.3) is 0 Å². The zero-order valence-corrected chi connectivity index (χ0v) is 12.5. The zero-order chi connectivity index (χ0) is 15.4. The van der Waals surface area contributed by atoms with Gasteiger partial charge in [0.25, 0.3) is 0 Å². The summed E-state index contributed by atoms with van der Waals surface area (Å²) < 4.78 is 5.55. The van der Waals surface area contributed by atoms with E-state index < -0.39 is 4.92 Å². The number of hydrogen-bond donors (Lipinski definition) is 2. The molecule has 0 bridgehead atoms. The summed E-state index contributed by atoms with van der Waals surface area (Å²) >= 11 is 0. The van der Waals surface area contributed by atoms with Crippen molar-refractivity contribution in [3.8, 4) is 5.75 Å². The lowest BCUT2D eigenvalue weighted by Gasteiger charge is -2.30. The molecule has 0 aromatic heterocycles. The van der Waals surface area contributed by atoms with E-state index in [9.17, 15) is 10.1 Å².